The lowest BCUT2D eigenvalue weighted by Gasteiger charge is -2.32. The Morgan fingerprint density at radius 1 is 1.33 bits per heavy atom. The van der Waals surface area contributed by atoms with E-state index in [0.29, 0.717) is 5.92 Å². The SMILES string of the molecule is C=C(C)[C@@H]1CCC(C)=C[C@H]1c1c(O)cc(O)cc1CCC. The molecule has 0 bridgehead atoms. The third-order valence-electron chi connectivity index (χ3n) is 4.46. The van der Waals surface area contributed by atoms with Gasteiger partial charge in [0.15, 0.2) is 0 Å². The van der Waals surface area contributed by atoms with E-state index < -0.39 is 0 Å². The molecule has 1 aromatic carbocycles. The van der Waals surface area contributed by atoms with Crippen molar-refractivity contribution in [2.24, 2.45) is 5.92 Å². The molecule has 2 heteroatoms. The van der Waals surface area contributed by atoms with Crippen molar-refractivity contribution in [2.45, 2.75) is 52.4 Å². The van der Waals surface area contributed by atoms with Crippen LogP contribution in [0.5, 0.6) is 11.5 Å². The fourth-order valence-electron chi connectivity index (χ4n) is 3.45. The minimum Gasteiger partial charge on any atom is -0.508 e. The molecule has 114 valence electrons. The molecule has 1 aromatic rings. The zero-order valence-corrected chi connectivity index (χ0v) is 13.3. The molecule has 21 heavy (non-hydrogen) atoms. The number of aryl methyl sites for hydroxylation is 1. The Labute approximate surface area is 127 Å². The van der Waals surface area contributed by atoms with Gasteiger partial charge in [-0.15, -0.1) is 0 Å². The molecule has 1 aliphatic carbocycles. The zero-order valence-electron chi connectivity index (χ0n) is 13.3. The Kier molecular flexibility index (Phi) is 4.76. The van der Waals surface area contributed by atoms with E-state index >= 15 is 0 Å². The van der Waals surface area contributed by atoms with E-state index in [9.17, 15) is 10.2 Å². The van der Waals surface area contributed by atoms with Crippen molar-refractivity contribution in [1.82, 2.24) is 0 Å². The first-order valence-corrected chi connectivity index (χ1v) is 7.81. The molecule has 0 aromatic heterocycles. The molecule has 0 amide bonds. The summed E-state index contributed by atoms with van der Waals surface area (Å²) in [5.41, 5.74) is 4.56. The van der Waals surface area contributed by atoms with Crippen LogP contribution in [0.1, 0.15) is 57.1 Å². The average Bonchev–Trinajstić information content (AvgIpc) is 2.37. The van der Waals surface area contributed by atoms with E-state index in [1.165, 1.54) is 17.2 Å². The Morgan fingerprint density at radius 3 is 2.67 bits per heavy atom. The summed E-state index contributed by atoms with van der Waals surface area (Å²) in [6.45, 7) is 10.5. The molecule has 2 atom stereocenters. The number of hydrogen-bond donors (Lipinski definition) is 2. The maximum Gasteiger partial charge on any atom is 0.123 e. The summed E-state index contributed by atoms with van der Waals surface area (Å²) >= 11 is 0. The third kappa shape index (κ3) is 3.31. The van der Waals surface area contributed by atoms with E-state index in [-0.39, 0.29) is 17.4 Å². The summed E-state index contributed by atoms with van der Waals surface area (Å²) in [4.78, 5) is 0. The molecule has 0 aliphatic heterocycles. The van der Waals surface area contributed by atoms with E-state index in [1.807, 2.05) is 0 Å². The first kappa shape index (κ1) is 15.7. The van der Waals surface area contributed by atoms with Crippen LogP contribution < -0.4 is 0 Å². The number of hydrogen-bond acceptors (Lipinski definition) is 2. The molecule has 1 aliphatic rings. The Hall–Kier alpha value is -1.70. The second-order valence-electron chi connectivity index (χ2n) is 6.32. The van der Waals surface area contributed by atoms with Crippen LogP contribution in [0, 0.1) is 5.92 Å². The van der Waals surface area contributed by atoms with Crippen molar-refractivity contribution in [3.63, 3.8) is 0 Å². The van der Waals surface area contributed by atoms with Crippen molar-refractivity contribution < 1.29 is 10.2 Å². The fraction of sp³-hybridized carbons (Fsp3) is 0.474. The van der Waals surface area contributed by atoms with Crippen LogP contribution >= 0.6 is 0 Å². The summed E-state index contributed by atoms with van der Waals surface area (Å²) in [5, 5.41) is 20.2. The van der Waals surface area contributed by atoms with Gasteiger partial charge in [-0.1, -0.05) is 37.1 Å². The smallest absolute Gasteiger partial charge is 0.123 e. The summed E-state index contributed by atoms with van der Waals surface area (Å²) < 4.78 is 0. The molecule has 0 spiro atoms. The van der Waals surface area contributed by atoms with Crippen LogP contribution in [0.2, 0.25) is 0 Å². The highest BCUT2D eigenvalue weighted by molar-refractivity contribution is 5.50. The molecule has 0 radical (unpaired) electrons. The number of rotatable bonds is 4. The fourth-order valence-corrected chi connectivity index (χ4v) is 3.45. The predicted molar refractivity (Wildman–Crippen MR) is 87.8 cm³/mol. The van der Waals surface area contributed by atoms with E-state index in [4.69, 9.17) is 0 Å². The van der Waals surface area contributed by atoms with Gasteiger partial charge in [-0.2, -0.15) is 0 Å². The maximum atomic E-state index is 10.4. The molecule has 0 fully saturated rings. The van der Waals surface area contributed by atoms with Gasteiger partial charge >= 0.3 is 0 Å². The van der Waals surface area contributed by atoms with Crippen LogP contribution in [0.15, 0.2) is 35.9 Å². The topological polar surface area (TPSA) is 40.5 Å². The lowest BCUT2D eigenvalue weighted by atomic mass is 9.72. The quantitative estimate of drug-likeness (QED) is 0.759. The molecular weight excluding hydrogens is 260 g/mol. The monoisotopic (exact) mass is 286 g/mol. The van der Waals surface area contributed by atoms with Crippen LogP contribution in [-0.2, 0) is 6.42 Å². The van der Waals surface area contributed by atoms with Crippen molar-refractivity contribution in [2.75, 3.05) is 0 Å². The summed E-state index contributed by atoms with van der Waals surface area (Å²) in [5.74, 6) is 0.877. The highest BCUT2D eigenvalue weighted by Gasteiger charge is 2.29. The van der Waals surface area contributed by atoms with Crippen LogP contribution in [0.3, 0.4) is 0 Å². The van der Waals surface area contributed by atoms with Gasteiger partial charge in [-0.25, -0.2) is 0 Å². The largest absolute Gasteiger partial charge is 0.508 e. The minimum atomic E-state index is 0.142. The van der Waals surface area contributed by atoms with Gasteiger partial charge < -0.3 is 10.2 Å². The molecule has 2 nitrogen and oxygen atoms in total. The zero-order chi connectivity index (χ0) is 15.6. The molecule has 0 saturated carbocycles. The van der Waals surface area contributed by atoms with Crippen LogP contribution in [-0.4, -0.2) is 10.2 Å². The highest BCUT2D eigenvalue weighted by atomic mass is 16.3. The Balaban J connectivity index is 2.56. The number of phenolic OH excluding ortho intramolecular Hbond substituents is 2. The van der Waals surface area contributed by atoms with Crippen molar-refractivity contribution in [3.05, 3.63) is 47.1 Å². The normalized spacial score (nSPS) is 22.0. The first-order valence-electron chi connectivity index (χ1n) is 7.81. The minimum absolute atomic E-state index is 0.142. The number of benzene rings is 1. The van der Waals surface area contributed by atoms with Gasteiger partial charge in [0, 0.05) is 17.5 Å². The average molecular weight is 286 g/mol. The maximum absolute atomic E-state index is 10.4. The third-order valence-corrected chi connectivity index (χ3v) is 4.46. The second-order valence-corrected chi connectivity index (χ2v) is 6.32. The highest BCUT2D eigenvalue weighted by Crippen LogP contribution is 2.45. The molecule has 0 saturated heterocycles. The molecule has 0 unspecified atom stereocenters. The molecule has 0 heterocycles. The van der Waals surface area contributed by atoms with Crippen molar-refractivity contribution in [3.8, 4) is 11.5 Å². The van der Waals surface area contributed by atoms with Gasteiger partial charge in [-0.3, -0.25) is 0 Å². The predicted octanol–water partition coefficient (Wildman–Crippen LogP) is 5.07. The van der Waals surface area contributed by atoms with Gasteiger partial charge in [0.2, 0.25) is 0 Å². The standard InChI is InChI=1S/C19H26O2/c1-5-6-14-10-15(20)11-18(21)19(14)17-9-13(4)7-8-16(17)12(2)3/h9-11,16-17,20-21H,2,5-8H2,1,3-4H3/t16-,17+/m0/s1. The van der Waals surface area contributed by atoms with Gasteiger partial charge in [0.05, 0.1) is 0 Å². The summed E-state index contributed by atoms with van der Waals surface area (Å²) in [6.07, 6.45) is 6.30. The van der Waals surface area contributed by atoms with Crippen LogP contribution in [0.25, 0.3) is 0 Å². The Bertz CT molecular complexity index is 569. The van der Waals surface area contributed by atoms with E-state index in [2.05, 4.69) is 33.4 Å². The summed E-state index contributed by atoms with van der Waals surface area (Å²) in [6, 6.07) is 3.26. The molecule has 2 N–H and O–H groups in total. The lowest BCUT2D eigenvalue weighted by molar-refractivity contribution is 0.423. The number of aromatic hydroxyl groups is 2. The van der Waals surface area contributed by atoms with Crippen molar-refractivity contribution >= 4 is 0 Å². The second kappa shape index (κ2) is 6.38. The van der Waals surface area contributed by atoms with Crippen molar-refractivity contribution in [1.29, 1.82) is 0 Å². The first-order chi connectivity index (χ1) is 9.93. The summed E-state index contributed by atoms with van der Waals surface area (Å²) in [7, 11) is 0. The molecular formula is C19H26O2. The van der Waals surface area contributed by atoms with E-state index in [0.717, 1.165) is 36.8 Å². The van der Waals surface area contributed by atoms with Gasteiger partial charge in [0.1, 0.15) is 11.5 Å². The van der Waals surface area contributed by atoms with E-state index in [1.54, 1.807) is 6.07 Å². The Morgan fingerprint density at radius 2 is 2.05 bits per heavy atom. The van der Waals surface area contributed by atoms with Gasteiger partial charge in [0.25, 0.3) is 0 Å². The van der Waals surface area contributed by atoms with Gasteiger partial charge in [-0.05, 0) is 50.7 Å². The lowest BCUT2D eigenvalue weighted by Crippen LogP contribution is -2.18. The van der Waals surface area contributed by atoms with Crippen LogP contribution in [0.4, 0.5) is 0 Å². The number of phenols is 2. The molecule has 2 rings (SSSR count). The number of allylic oxidation sites excluding steroid dienone is 3.